The molecule has 3 nitrogen and oxygen atoms in total. The van der Waals surface area contributed by atoms with Gasteiger partial charge in [0.1, 0.15) is 6.20 Å². The van der Waals surface area contributed by atoms with Crippen molar-refractivity contribution < 1.29 is 21.5 Å². The maximum atomic E-state index is 5.87. The maximum absolute atomic E-state index is 5.87. The normalized spacial score (nSPS) is 12.3. The molecule has 1 aromatic rings. The molecule has 0 amide bonds. The molecule has 3 N–H and O–H groups in total. The number of aromatic amines is 1. The first-order valence-corrected chi connectivity index (χ1v) is 3.96. The molecule has 0 aromatic carbocycles. The van der Waals surface area contributed by atoms with Crippen LogP contribution in [0.5, 0.6) is 0 Å². The fourth-order valence-corrected chi connectivity index (χ4v) is 1.13. The smallest absolute Gasteiger partial charge is 0.251 e. The molecule has 0 fully saturated rings. The van der Waals surface area contributed by atoms with Crippen molar-refractivity contribution in [3.8, 4) is 0 Å². The summed E-state index contributed by atoms with van der Waals surface area (Å²) in [4.78, 5) is 3.14. The van der Waals surface area contributed by atoms with Gasteiger partial charge in [-0.3, -0.25) is 0 Å². The number of nitrogens with zero attached hydrogens (tertiary/aromatic N) is 1. The molecule has 0 spiro atoms. The number of nitrogens with two attached hydrogens (primary N) is 1. The Morgan fingerprint density at radius 1 is 1.67 bits per heavy atom. The molecule has 0 aliphatic rings. The van der Waals surface area contributed by atoms with E-state index in [1.807, 2.05) is 20.2 Å². The van der Waals surface area contributed by atoms with Crippen LogP contribution in [0.1, 0.15) is 30.9 Å². The zero-order chi connectivity index (χ0) is 8.43. The Morgan fingerprint density at radius 3 is 2.58 bits per heavy atom. The summed E-state index contributed by atoms with van der Waals surface area (Å²) in [6, 6.07) is 0.157. The Labute approximate surface area is 83.7 Å². The van der Waals surface area contributed by atoms with Crippen LogP contribution in [0.4, 0.5) is 0 Å². The van der Waals surface area contributed by atoms with Crippen LogP contribution in [-0.4, -0.2) is 4.98 Å². The van der Waals surface area contributed by atoms with Gasteiger partial charge in [0.2, 0.25) is 0 Å². The van der Waals surface area contributed by atoms with E-state index in [0.29, 0.717) is 0 Å². The standard InChI is InChI=1S/C8H15N3.BrH/c1-4-7(9)8-5-10-6(2)11(8)3;/h5,7H,4,9H2,1-3H3;1H. The molecule has 0 aliphatic heterocycles. The summed E-state index contributed by atoms with van der Waals surface area (Å²) in [7, 11) is 2.02. The molecule has 1 atom stereocenters. The Hall–Kier alpha value is -0.350. The number of aryl methyl sites for hydroxylation is 1. The van der Waals surface area contributed by atoms with Gasteiger partial charge in [0.15, 0.2) is 5.69 Å². The highest BCUT2D eigenvalue weighted by Gasteiger charge is 2.15. The van der Waals surface area contributed by atoms with Crippen molar-refractivity contribution in [2.45, 2.75) is 26.3 Å². The highest BCUT2D eigenvalue weighted by atomic mass is 79.9. The van der Waals surface area contributed by atoms with Crippen molar-refractivity contribution >= 4 is 0 Å². The summed E-state index contributed by atoms with van der Waals surface area (Å²) in [5.74, 6) is 1.14. The molecule has 0 radical (unpaired) electrons. The Kier molecular flexibility index (Phi) is 4.49. The van der Waals surface area contributed by atoms with E-state index in [2.05, 4.69) is 16.5 Å². The van der Waals surface area contributed by atoms with Gasteiger partial charge in [-0.1, -0.05) is 6.92 Å². The van der Waals surface area contributed by atoms with E-state index in [-0.39, 0.29) is 23.0 Å². The molecule has 1 rings (SSSR count). The number of H-pyrrole nitrogens is 1. The summed E-state index contributed by atoms with van der Waals surface area (Å²) < 4.78 is 2.09. The Morgan fingerprint density at radius 2 is 2.25 bits per heavy atom. The highest BCUT2D eigenvalue weighted by molar-refractivity contribution is 4.96. The van der Waals surface area contributed by atoms with Crippen LogP contribution < -0.4 is 27.3 Å². The Bertz CT molecular complexity index is 244. The fraction of sp³-hybridized carbons (Fsp3) is 0.625. The van der Waals surface area contributed by atoms with E-state index in [9.17, 15) is 0 Å². The van der Waals surface area contributed by atoms with E-state index < -0.39 is 0 Å². The minimum absolute atomic E-state index is 0. The van der Waals surface area contributed by atoms with E-state index in [4.69, 9.17) is 5.73 Å². The van der Waals surface area contributed by atoms with Crippen LogP contribution in [-0.2, 0) is 7.05 Å². The van der Waals surface area contributed by atoms with Crippen LogP contribution in [0.25, 0.3) is 0 Å². The second kappa shape index (κ2) is 4.62. The summed E-state index contributed by atoms with van der Waals surface area (Å²) >= 11 is 0. The Balaban J connectivity index is 0.00000121. The molecule has 12 heavy (non-hydrogen) atoms. The third-order valence-electron chi connectivity index (χ3n) is 2.14. The zero-order valence-electron chi connectivity index (χ0n) is 7.76. The van der Waals surface area contributed by atoms with Crippen LogP contribution in [0.3, 0.4) is 0 Å². The van der Waals surface area contributed by atoms with Gasteiger partial charge < -0.3 is 22.7 Å². The predicted octanol–water partition coefficient (Wildman–Crippen LogP) is -2.44. The van der Waals surface area contributed by atoms with E-state index in [1.165, 1.54) is 5.69 Å². The van der Waals surface area contributed by atoms with Crippen molar-refractivity contribution in [2.75, 3.05) is 0 Å². The lowest BCUT2D eigenvalue weighted by molar-refractivity contribution is -0.685. The van der Waals surface area contributed by atoms with Crippen molar-refractivity contribution in [3.63, 3.8) is 0 Å². The predicted molar refractivity (Wildman–Crippen MR) is 43.9 cm³/mol. The third-order valence-corrected chi connectivity index (χ3v) is 2.14. The molecule has 0 aliphatic carbocycles. The summed E-state index contributed by atoms with van der Waals surface area (Å²) in [6.45, 7) is 4.12. The molecule has 1 aromatic heterocycles. The topological polar surface area (TPSA) is 45.7 Å². The number of halogens is 1. The molecule has 0 bridgehead atoms. The molecule has 0 saturated heterocycles. The third kappa shape index (κ3) is 2.08. The van der Waals surface area contributed by atoms with Gasteiger partial charge in [-0.15, -0.1) is 0 Å². The van der Waals surface area contributed by atoms with Crippen LogP contribution in [0, 0.1) is 6.92 Å². The van der Waals surface area contributed by atoms with E-state index >= 15 is 0 Å². The SMILES string of the molecule is CCC(N)c1c[nH]c(C)[n+]1C.[Br-]. The number of nitrogens with one attached hydrogen (secondary N) is 1. The quantitative estimate of drug-likeness (QED) is 0.549. The average molecular weight is 234 g/mol. The first-order chi connectivity index (χ1) is 5.16. The van der Waals surface area contributed by atoms with Gasteiger partial charge in [-0.05, 0) is 6.42 Å². The second-order valence-corrected chi connectivity index (χ2v) is 2.87. The molecular formula is C8H16BrN3. The van der Waals surface area contributed by atoms with Gasteiger partial charge in [-0.25, -0.2) is 9.55 Å². The number of hydrogen-bond acceptors (Lipinski definition) is 1. The molecule has 1 heterocycles. The van der Waals surface area contributed by atoms with Gasteiger partial charge in [-0.2, -0.15) is 0 Å². The highest BCUT2D eigenvalue weighted by Crippen LogP contribution is 2.07. The lowest BCUT2D eigenvalue weighted by atomic mass is 10.2. The van der Waals surface area contributed by atoms with Crippen LogP contribution in [0.15, 0.2) is 6.20 Å². The largest absolute Gasteiger partial charge is 1.00 e. The lowest BCUT2D eigenvalue weighted by Gasteiger charge is -2.03. The van der Waals surface area contributed by atoms with Gasteiger partial charge in [0.25, 0.3) is 5.82 Å². The molecular weight excluding hydrogens is 218 g/mol. The molecule has 4 heteroatoms. The minimum atomic E-state index is 0. The average Bonchev–Trinajstić information content (AvgIpc) is 2.32. The number of imidazole rings is 1. The summed E-state index contributed by atoms with van der Waals surface area (Å²) in [6.07, 6.45) is 2.95. The summed E-state index contributed by atoms with van der Waals surface area (Å²) in [5, 5.41) is 0. The molecule has 0 saturated carbocycles. The monoisotopic (exact) mass is 233 g/mol. The second-order valence-electron chi connectivity index (χ2n) is 2.87. The first-order valence-electron chi connectivity index (χ1n) is 3.96. The van der Waals surface area contributed by atoms with Crippen LogP contribution in [0.2, 0.25) is 0 Å². The first kappa shape index (κ1) is 11.6. The van der Waals surface area contributed by atoms with Crippen molar-refractivity contribution in [3.05, 3.63) is 17.7 Å². The number of rotatable bonds is 2. The minimum Gasteiger partial charge on any atom is -1.00 e. The van der Waals surface area contributed by atoms with E-state index in [1.54, 1.807) is 0 Å². The zero-order valence-corrected chi connectivity index (χ0v) is 9.35. The van der Waals surface area contributed by atoms with Crippen molar-refractivity contribution in [1.82, 2.24) is 4.98 Å². The number of aromatic nitrogens is 2. The van der Waals surface area contributed by atoms with Crippen molar-refractivity contribution in [2.24, 2.45) is 12.8 Å². The van der Waals surface area contributed by atoms with Crippen molar-refractivity contribution in [1.29, 1.82) is 0 Å². The molecule has 70 valence electrons. The van der Waals surface area contributed by atoms with Gasteiger partial charge in [0.05, 0.1) is 13.1 Å². The fourth-order valence-electron chi connectivity index (χ4n) is 1.13. The van der Waals surface area contributed by atoms with Gasteiger partial charge >= 0.3 is 0 Å². The van der Waals surface area contributed by atoms with Crippen LogP contribution >= 0.6 is 0 Å². The summed E-state index contributed by atoms with van der Waals surface area (Å²) in [5.41, 5.74) is 7.04. The lowest BCUT2D eigenvalue weighted by Crippen LogP contribution is -3.00. The van der Waals surface area contributed by atoms with Gasteiger partial charge in [0, 0.05) is 6.92 Å². The molecule has 1 unspecified atom stereocenters. The maximum Gasteiger partial charge on any atom is 0.251 e. The van der Waals surface area contributed by atoms with E-state index in [0.717, 1.165) is 12.2 Å². The number of hydrogen-bond donors (Lipinski definition) is 2.